The molecule has 116 valence electrons. The highest BCUT2D eigenvalue weighted by molar-refractivity contribution is 5.72. The maximum Gasteiger partial charge on any atom is 0.320 e. The van der Waals surface area contributed by atoms with Gasteiger partial charge in [0.1, 0.15) is 11.4 Å². The Morgan fingerprint density at radius 3 is 2.24 bits per heavy atom. The maximum absolute atomic E-state index is 11.8. The first-order chi connectivity index (χ1) is 9.83. The molecule has 1 aromatic rings. The van der Waals surface area contributed by atoms with Crippen LogP contribution >= 0.6 is 0 Å². The largest absolute Gasteiger partial charge is 0.508 e. The van der Waals surface area contributed by atoms with E-state index in [0.29, 0.717) is 6.54 Å². The number of rotatable bonds is 3. The molecule has 5 heteroatoms. The number of piperazine rings is 1. The highest BCUT2D eigenvalue weighted by atomic mass is 16.6. The van der Waals surface area contributed by atoms with E-state index in [1.54, 1.807) is 12.1 Å². The summed E-state index contributed by atoms with van der Waals surface area (Å²) in [6.45, 7) is 9.40. The van der Waals surface area contributed by atoms with E-state index in [2.05, 4.69) is 9.80 Å². The molecule has 0 atom stereocenters. The van der Waals surface area contributed by atoms with Crippen LogP contribution in [-0.4, -0.2) is 54.3 Å². The number of phenols is 1. The highest BCUT2D eigenvalue weighted by Gasteiger charge is 2.22. The number of hydrogen-bond donors (Lipinski definition) is 1. The fraction of sp³-hybridized carbons (Fsp3) is 0.562. The van der Waals surface area contributed by atoms with Crippen LogP contribution in [0.15, 0.2) is 24.3 Å². The van der Waals surface area contributed by atoms with Gasteiger partial charge in [-0.2, -0.15) is 0 Å². The van der Waals surface area contributed by atoms with Gasteiger partial charge in [0.05, 0.1) is 6.54 Å². The lowest BCUT2D eigenvalue weighted by Gasteiger charge is -2.36. The van der Waals surface area contributed by atoms with Crippen molar-refractivity contribution in [3.8, 4) is 5.75 Å². The second-order valence-corrected chi connectivity index (χ2v) is 6.37. The fourth-order valence-corrected chi connectivity index (χ4v) is 2.38. The van der Waals surface area contributed by atoms with E-state index in [1.165, 1.54) is 0 Å². The Morgan fingerprint density at radius 2 is 1.71 bits per heavy atom. The van der Waals surface area contributed by atoms with Crippen LogP contribution in [-0.2, 0) is 9.53 Å². The van der Waals surface area contributed by atoms with Crippen molar-refractivity contribution < 1.29 is 14.6 Å². The molecule has 2 rings (SSSR count). The van der Waals surface area contributed by atoms with E-state index in [0.717, 1.165) is 31.9 Å². The van der Waals surface area contributed by atoms with Crippen LogP contribution in [0.25, 0.3) is 0 Å². The normalized spacial score (nSPS) is 16.8. The molecule has 21 heavy (non-hydrogen) atoms. The average Bonchev–Trinajstić information content (AvgIpc) is 2.38. The van der Waals surface area contributed by atoms with Crippen LogP contribution in [0.3, 0.4) is 0 Å². The molecule has 1 aromatic carbocycles. The molecule has 0 bridgehead atoms. The summed E-state index contributed by atoms with van der Waals surface area (Å²) in [5.74, 6) is 0.114. The Labute approximate surface area is 126 Å². The average molecular weight is 292 g/mol. The molecule has 1 N–H and O–H groups in total. The van der Waals surface area contributed by atoms with Gasteiger partial charge in [-0.1, -0.05) is 0 Å². The van der Waals surface area contributed by atoms with Gasteiger partial charge in [-0.15, -0.1) is 0 Å². The monoisotopic (exact) mass is 292 g/mol. The number of carbonyl (C=O) groups excluding carboxylic acids is 1. The first-order valence-electron chi connectivity index (χ1n) is 7.32. The Morgan fingerprint density at radius 1 is 1.14 bits per heavy atom. The zero-order valence-corrected chi connectivity index (χ0v) is 13.0. The number of hydrogen-bond acceptors (Lipinski definition) is 5. The zero-order chi connectivity index (χ0) is 15.5. The molecule has 1 fully saturated rings. The predicted molar refractivity (Wildman–Crippen MR) is 82.6 cm³/mol. The summed E-state index contributed by atoms with van der Waals surface area (Å²) in [4.78, 5) is 16.2. The van der Waals surface area contributed by atoms with Crippen molar-refractivity contribution in [2.24, 2.45) is 0 Å². The lowest BCUT2D eigenvalue weighted by Crippen LogP contribution is -2.48. The highest BCUT2D eigenvalue weighted by Crippen LogP contribution is 2.19. The lowest BCUT2D eigenvalue weighted by molar-refractivity contribution is -0.156. The summed E-state index contributed by atoms with van der Waals surface area (Å²) < 4.78 is 5.34. The van der Waals surface area contributed by atoms with E-state index in [1.807, 2.05) is 32.9 Å². The summed E-state index contributed by atoms with van der Waals surface area (Å²) in [7, 11) is 0. The van der Waals surface area contributed by atoms with Crippen molar-refractivity contribution >= 4 is 11.7 Å². The summed E-state index contributed by atoms with van der Waals surface area (Å²) >= 11 is 0. The van der Waals surface area contributed by atoms with Gasteiger partial charge in [0.15, 0.2) is 0 Å². The molecule has 1 aliphatic heterocycles. The SMILES string of the molecule is CC(C)(C)OC(=O)CN1CCN(c2ccc(O)cc2)CC1. The van der Waals surface area contributed by atoms with E-state index in [4.69, 9.17) is 4.74 Å². The molecule has 0 amide bonds. The second kappa shape index (κ2) is 6.35. The molecule has 0 aromatic heterocycles. The molecule has 0 aliphatic carbocycles. The second-order valence-electron chi connectivity index (χ2n) is 6.37. The minimum absolute atomic E-state index is 0.166. The molecule has 5 nitrogen and oxygen atoms in total. The fourth-order valence-electron chi connectivity index (χ4n) is 2.38. The lowest BCUT2D eigenvalue weighted by atomic mass is 10.2. The molecule has 0 saturated carbocycles. The number of aromatic hydroxyl groups is 1. The minimum Gasteiger partial charge on any atom is -0.508 e. The quantitative estimate of drug-likeness (QED) is 0.862. The van der Waals surface area contributed by atoms with Crippen molar-refractivity contribution in [1.82, 2.24) is 4.90 Å². The molecule has 1 aliphatic rings. The van der Waals surface area contributed by atoms with E-state index >= 15 is 0 Å². The predicted octanol–water partition coefficient (Wildman–Crippen LogP) is 1.86. The summed E-state index contributed by atoms with van der Waals surface area (Å²) in [6.07, 6.45) is 0. The number of anilines is 1. The third kappa shape index (κ3) is 4.93. The van der Waals surface area contributed by atoms with Gasteiger partial charge < -0.3 is 14.7 Å². The van der Waals surface area contributed by atoms with Gasteiger partial charge in [0.2, 0.25) is 0 Å². The molecule has 0 unspecified atom stereocenters. The van der Waals surface area contributed by atoms with Crippen LogP contribution in [0.5, 0.6) is 5.75 Å². The number of benzene rings is 1. The molecular weight excluding hydrogens is 268 g/mol. The topological polar surface area (TPSA) is 53.0 Å². The Kier molecular flexibility index (Phi) is 4.73. The molecular formula is C16H24N2O3. The van der Waals surface area contributed by atoms with Crippen LogP contribution in [0.2, 0.25) is 0 Å². The molecule has 1 saturated heterocycles. The van der Waals surface area contributed by atoms with Crippen molar-refractivity contribution in [3.63, 3.8) is 0 Å². The van der Waals surface area contributed by atoms with Crippen LogP contribution < -0.4 is 4.90 Å². The van der Waals surface area contributed by atoms with Crippen LogP contribution in [0.4, 0.5) is 5.69 Å². The number of ether oxygens (including phenoxy) is 1. The van der Waals surface area contributed by atoms with Gasteiger partial charge in [-0.05, 0) is 45.0 Å². The van der Waals surface area contributed by atoms with Crippen molar-refractivity contribution in [3.05, 3.63) is 24.3 Å². The Hall–Kier alpha value is -1.75. The van der Waals surface area contributed by atoms with Crippen molar-refractivity contribution in [2.45, 2.75) is 26.4 Å². The third-order valence-electron chi connectivity index (χ3n) is 3.36. The Balaban J connectivity index is 1.80. The molecule has 0 spiro atoms. The van der Waals surface area contributed by atoms with Crippen LogP contribution in [0, 0.1) is 0 Å². The number of nitrogens with zero attached hydrogens (tertiary/aromatic N) is 2. The van der Waals surface area contributed by atoms with Crippen molar-refractivity contribution in [2.75, 3.05) is 37.6 Å². The van der Waals surface area contributed by atoms with E-state index in [-0.39, 0.29) is 11.7 Å². The smallest absolute Gasteiger partial charge is 0.320 e. The van der Waals surface area contributed by atoms with Gasteiger partial charge in [0.25, 0.3) is 0 Å². The summed E-state index contributed by atoms with van der Waals surface area (Å²) in [6, 6.07) is 7.22. The number of esters is 1. The molecule has 0 radical (unpaired) electrons. The number of carbonyl (C=O) groups is 1. The molecule has 1 heterocycles. The van der Waals surface area contributed by atoms with Gasteiger partial charge in [-0.25, -0.2) is 0 Å². The zero-order valence-electron chi connectivity index (χ0n) is 13.0. The van der Waals surface area contributed by atoms with Crippen LogP contribution in [0.1, 0.15) is 20.8 Å². The third-order valence-corrected chi connectivity index (χ3v) is 3.36. The summed E-state index contributed by atoms with van der Waals surface area (Å²) in [5.41, 5.74) is 0.676. The maximum atomic E-state index is 11.8. The summed E-state index contributed by atoms with van der Waals surface area (Å²) in [5, 5.41) is 9.31. The first kappa shape index (κ1) is 15.6. The standard InChI is InChI=1S/C16H24N2O3/c1-16(2,3)21-15(20)12-17-8-10-18(11-9-17)13-4-6-14(19)7-5-13/h4-7,19H,8-12H2,1-3H3. The van der Waals surface area contributed by atoms with Gasteiger partial charge >= 0.3 is 5.97 Å². The van der Waals surface area contributed by atoms with Gasteiger partial charge in [-0.3, -0.25) is 9.69 Å². The Bertz CT molecular complexity index is 471. The first-order valence-corrected chi connectivity index (χ1v) is 7.32. The van der Waals surface area contributed by atoms with Crippen molar-refractivity contribution in [1.29, 1.82) is 0 Å². The number of phenolic OH excluding ortho intramolecular Hbond substituents is 1. The minimum atomic E-state index is -0.426. The van der Waals surface area contributed by atoms with E-state index in [9.17, 15) is 9.90 Å². The van der Waals surface area contributed by atoms with E-state index < -0.39 is 5.60 Å². The van der Waals surface area contributed by atoms with Gasteiger partial charge in [0, 0.05) is 31.9 Å².